The fourth-order valence-electron chi connectivity index (χ4n) is 2.84. The van der Waals surface area contributed by atoms with Crippen molar-refractivity contribution in [2.24, 2.45) is 4.99 Å². The van der Waals surface area contributed by atoms with Crippen molar-refractivity contribution in [3.8, 4) is 0 Å². The Morgan fingerprint density at radius 1 is 1.33 bits per heavy atom. The number of hydrogen-bond acceptors (Lipinski definition) is 5. The maximum atomic E-state index is 5.49. The lowest BCUT2D eigenvalue weighted by Crippen LogP contribution is -2.47. The van der Waals surface area contributed by atoms with E-state index in [9.17, 15) is 0 Å². The molecule has 0 unspecified atom stereocenters. The molecule has 0 aromatic carbocycles. The topological polar surface area (TPSA) is 75.8 Å². The summed E-state index contributed by atoms with van der Waals surface area (Å²) in [6, 6.07) is 5.87. The maximum absolute atomic E-state index is 5.49. The highest BCUT2D eigenvalue weighted by atomic mass is 32.2. The summed E-state index contributed by atoms with van der Waals surface area (Å²) in [7, 11) is 1.78. The molecule has 0 atom stereocenters. The molecule has 130 valence electrons. The molecular weight excluding hydrogens is 324 g/mol. The first-order valence-electron chi connectivity index (χ1n) is 8.12. The number of ether oxygens (including phenoxy) is 1. The number of pyridine rings is 1. The average molecular weight is 348 g/mol. The quantitative estimate of drug-likeness (QED) is 0.627. The van der Waals surface area contributed by atoms with Crippen molar-refractivity contribution >= 4 is 23.4 Å². The van der Waals surface area contributed by atoms with Gasteiger partial charge in [0.1, 0.15) is 0 Å². The SMILES string of the molecule is CN=C(NCc1nnc2ccccn12)NCC1(SC)CCOCC1. The van der Waals surface area contributed by atoms with Crippen LogP contribution in [0.3, 0.4) is 0 Å². The lowest BCUT2D eigenvalue weighted by Gasteiger charge is -2.36. The summed E-state index contributed by atoms with van der Waals surface area (Å²) >= 11 is 1.91. The van der Waals surface area contributed by atoms with E-state index in [1.54, 1.807) is 7.05 Å². The lowest BCUT2D eigenvalue weighted by atomic mass is 9.99. The van der Waals surface area contributed by atoms with Gasteiger partial charge in [-0.2, -0.15) is 11.8 Å². The lowest BCUT2D eigenvalue weighted by molar-refractivity contribution is 0.0783. The molecule has 1 fully saturated rings. The van der Waals surface area contributed by atoms with Gasteiger partial charge in [-0.15, -0.1) is 10.2 Å². The molecule has 7 nitrogen and oxygen atoms in total. The van der Waals surface area contributed by atoms with Crippen LogP contribution in [0, 0.1) is 0 Å². The van der Waals surface area contributed by atoms with Crippen molar-refractivity contribution in [3.05, 3.63) is 30.2 Å². The Hall–Kier alpha value is -1.80. The Bertz CT molecular complexity index is 695. The molecule has 0 saturated carbocycles. The van der Waals surface area contributed by atoms with Gasteiger partial charge in [0.2, 0.25) is 0 Å². The minimum absolute atomic E-state index is 0.220. The minimum atomic E-state index is 0.220. The standard InChI is InChI=1S/C16H24N6OS/c1-17-15(19-12-16(24-2)6-9-23-10-7-16)18-11-14-21-20-13-5-3-4-8-22(13)14/h3-5,8H,6-7,9-12H2,1-2H3,(H2,17,18,19). The average Bonchev–Trinajstić information content (AvgIpc) is 3.06. The molecule has 3 rings (SSSR count). The fraction of sp³-hybridized carbons (Fsp3) is 0.562. The van der Waals surface area contributed by atoms with E-state index in [1.807, 2.05) is 40.6 Å². The van der Waals surface area contributed by atoms with E-state index in [0.29, 0.717) is 6.54 Å². The van der Waals surface area contributed by atoms with Gasteiger partial charge >= 0.3 is 0 Å². The Balaban J connectivity index is 1.57. The molecule has 0 bridgehead atoms. The third kappa shape index (κ3) is 3.81. The van der Waals surface area contributed by atoms with Crippen molar-refractivity contribution in [2.45, 2.75) is 24.1 Å². The molecule has 3 heterocycles. The van der Waals surface area contributed by atoms with E-state index in [2.05, 4.69) is 32.1 Å². The van der Waals surface area contributed by atoms with Gasteiger partial charge in [0, 0.05) is 37.8 Å². The van der Waals surface area contributed by atoms with E-state index in [0.717, 1.165) is 50.0 Å². The second-order valence-corrected chi connectivity index (χ2v) is 7.10. The second kappa shape index (κ2) is 7.85. The number of guanidine groups is 1. The Morgan fingerprint density at radius 2 is 2.17 bits per heavy atom. The van der Waals surface area contributed by atoms with E-state index < -0.39 is 0 Å². The summed E-state index contributed by atoms with van der Waals surface area (Å²) in [6.45, 7) is 3.11. The molecule has 1 aliphatic heterocycles. The monoisotopic (exact) mass is 348 g/mol. The van der Waals surface area contributed by atoms with Crippen molar-refractivity contribution in [2.75, 3.05) is 33.1 Å². The molecule has 2 aromatic heterocycles. The number of hydrogen-bond donors (Lipinski definition) is 2. The molecule has 1 saturated heterocycles. The zero-order valence-corrected chi connectivity index (χ0v) is 15.0. The molecule has 2 N–H and O–H groups in total. The van der Waals surface area contributed by atoms with Crippen LogP contribution in [0.2, 0.25) is 0 Å². The van der Waals surface area contributed by atoms with Gasteiger partial charge in [0.05, 0.1) is 6.54 Å². The van der Waals surface area contributed by atoms with Crippen molar-refractivity contribution in [1.82, 2.24) is 25.2 Å². The first kappa shape index (κ1) is 17.0. The molecule has 0 aliphatic carbocycles. The predicted octanol–water partition coefficient (Wildman–Crippen LogP) is 1.31. The number of aliphatic imine (C=N–C) groups is 1. The van der Waals surface area contributed by atoms with Gasteiger partial charge in [-0.05, 0) is 31.2 Å². The zero-order chi connectivity index (χ0) is 16.8. The molecule has 2 aromatic rings. The number of thioether (sulfide) groups is 1. The molecular formula is C16H24N6OS. The zero-order valence-electron chi connectivity index (χ0n) is 14.2. The number of rotatable bonds is 5. The predicted molar refractivity (Wildman–Crippen MR) is 97.5 cm³/mol. The van der Waals surface area contributed by atoms with Crippen LogP contribution in [0.25, 0.3) is 5.65 Å². The van der Waals surface area contributed by atoms with Crippen LogP contribution in [-0.4, -0.2) is 58.4 Å². The van der Waals surface area contributed by atoms with Crippen LogP contribution in [-0.2, 0) is 11.3 Å². The van der Waals surface area contributed by atoms with Gasteiger partial charge in [0.15, 0.2) is 17.4 Å². The Labute approximate surface area is 146 Å². The van der Waals surface area contributed by atoms with E-state index in [4.69, 9.17) is 4.74 Å². The Kier molecular flexibility index (Phi) is 5.57. The van der Waals surface area contributed by atoms with Crippen molar-refractivity contribution < 1.29 is 4.74 Å². The number of nitrogens with one attached hydrogen (secondary N) is 2. The molecule has 0 spiro atoms. The first-order valence-corrected chi connectivity index (χ1v) is 9.35. The van der Waals surface area contributed by atoms with Crippen molar-refractivity contribution in [1.29, 1.82) is 0 Å². The number of fused-ring (bicyclic) bond motifs is 1. The summed E-state index contributed by atoms with van der Waals surface area (Å²) in [5.74, 6) is 1.64. The molecule has 8 heteroatoms. The van der Waals surface area contributed by atoms with Gasteiger partial charge in [-0.25, -0.2) is 0 Å². The third-order valence-electron chi connectivity index (χ3n) is 4.44. The van der Waals surface area contributed by atoms with Crippen molar-refractivity contribution in [3.63, 3.8) is 0 Å². The highest BCUT2D eigenvalue weighted by molar-refractivity contribution is 8.00. The van der Waals surface area contributed by atoms with Crippen LogP contribution in [0.1, 0.15) is 18.7 Å². The van der Waals surface area contributed by atoms with Crippen LogP contribution in [0.5, 0.6) is 0 Å². The molecule has 0 radical (unpaired) electrons. The molecule has 24 heavy (non-hydrogen) atoms. The maximum Gasteiger partial charge on any atom is 0.191 e. The van der Waals surface area contributed by atoms with Crippen LogP contribution >= 0.6 is 11.8 Å². The summed E-state index contributed by atoms with van der Waals surface area (Å²) < 4.78 is 7.69. The minimum Gasteiger partial charge on any atom is -0.381 e. The highest BCUT2D eigenvalue weighted by Crippen LogP contribution is 2.32. The van der Waals surface area contributed by atoms with Crippen LogP contribution in [0.15, 0.2) is 29.4 Å². The summed E-state index contributed by atoms with van der Waals surface area (Å²) in [4.78, 5) is 4.31. The summed E-state index contributed by atoms with van der Waals surface area (Å²) in [5, 5.41) is 15.2. The van der Waals surface area contributed by atoms with Crippen LogP contribution in [0.4, 0.5) is 0 Å². The molecule has 0 amide bonds. The first-order chi connectivity index (χ1) is 11.8. The second-order valence-electron chi connectivity index (χ2n) is 5.82. The van der Waals surface area contributed by atoms with Gasteiger partial charge < -0.3 is 15.4 Å². The Morgan fingerprint density at radius 3 is 2.92 bits per heavy atom. The normalized spacial score (nSPS) is 17.8. The fourth-order valence-corrected chi connectivity index (χ4v) is 3.63. The van der Waals surface area contributed by atoms with E-state index in [1.165, 1.54) is 0 Å². The third-order valence-corrected chi connectivity index (χ3v) is 5.86. The summed E-state index contributed by atoms with van der Waals surface area (Å²) in [6.07, 6.45) is 6.26. The number of nitrogens with zero attached hydrogens (tertiary/aromatic N) is 4. The molecule has 1 aliphatic rings. The van der Waals surface area contributed by atoms with Gasteiger partial charge in [-0.1, -0.05) is 6.07 Å². The number of aromatic nitrogens is 3. The van der Waals surface area contributed by atoms with Gasteiger partial charge in [-0.3, -0.25) is 9.39 Å². The van der Waals surface area contributed by atoms with Crippen LogP contribution < -0.4 is 10.6 Å². The largest absolute Gasteiger partial charge is 0.381 e. The smallest absolute Gasteiger partial charge is 0.191 e. The van der Waals surface area contributed by atoms with E-state index in [-0.39, 0.29) is 4.75 Å². The highest BCUT2D eigenvalue weighted by Gasteiger charge is 2.31. The van der Waals surface area contributed by atoms with Gasteiger partial charge in [0.25, 0.3) is 0 Å². The van der Waals surface area contributed by atoms with E-state index >= 15 is 0 Å². The summed E-state index contributed by atoms with van der Waals surface area (Å²) in [5.41, 5.74) is 0.848.